The topological polar surface area (TPSA) is 0 Å². The van der Waals surface area contributed by atoms with Gasteiger partial charge in [0.05, 0.1) is 0 Å². The highest BCUT2D eigenvalue weighted by Crippen LogP contribution is 2.70. The van der Waals surface area contributed by atoms with Crippen LogP contribution in [0.4, 0.5) is 0 Å². The van der Waals surface area contributed by atoms with Gasteiger partial charge in [0.1, 0.15) is 0 Å². The molecule has 11 heavy (non-hydrogen) atoms. The molecule has 0 spiro atoms. The second-order valence-corrected chi connectivity index (χ2v) is 4.43. The van der Waals surface area contributed by atoms with Gasteiger partial charge in [-0.3, -0.25) is 0 Å². The Morgan fingerprint density at radius 2 is 2.18 bits per heavy atom. The van der Waals surface area contributed by atoms with E-state index in [-0.39, 0.29) is 0 Å². The van der Waals surface area contributed by atoms with E-state index in [9.17, 15) is 0 Å². The highest BCUT2D eigenvalue weighted by atomic mass is 14.7. The summed E-state index contributed by atoms with van der Waals surface area (Å²) in [6.45, 7) is 11.2. The zero-order chi connectivity index (χ0) is 8.17. The molecule has 0 heteroatoms. The lowest BCUT2D eigenvalue weighted by Gasteiger charge is -2.22. The number of hydrogen-bond donors (Lipinski definition) is 0. The van der Waals surface area contributed by atoms with Gasteiger partial charge >= 0.3 is 0 Å². The second-order valence-electron chi connectivity index (χ2n) is 4.43. The van der Waals surface area contributed by atoms with Crippen LogP contribution in [0.25, 0.3) is 0 Å². The molecule has 2 fully saturated rings. The van der Waals surface area contributed by atoms with Crippen LogP contribution >= 0.6 is 0 Å². The molecular weight excluding hydrogens is 132 g/mol. The van der Waals surface area contributed by atoms with E-state index in [2.05, 4.69) is 27.4 Å². The molecule has 0 aromatic carbocycles. The van der Waals surface area contributed by atoms with Gasteiger partial charge in [-0.2, -0.15) is 0 Å². The molecule has 5 atom stereocenters. The third kappa shape index (κ3) is 0.758. The highest BCUT2D eigenvalue weighted by molar-refractivity contribution is 5.33. The molecule has 5 unspecified atom stereocenters. The van der Waals surface area contributed by atoms with Crippen LogP contribution in [0.1, 0.15) is 27.2 Å². The second kappa shape index (κ2) is 2.12. The van der Waals surface area contributed by atoms with Crippen molar-refractivity contribution in [3.63, 3.8) is 0 Å². The molecule has 0 heterocycles. The molecule has 2 saturated carbocycles. The SMILES string of the molecule is C=C1C(C)C2C1C2C(C)CC. The Kier molecular flexibility index (Phi) is 1.42. The van der Waals surface area contributed by atoms with E-state index in [1.165, 1.54) is 6.42 Å². The molecule has 0 amide bonds. The molecule has 0 radical (unpaired) electrons. The Balaban J connectivity index is 1.99. The lowest BCUT2D eigenvalue weighted by Crippen LogP contribution is -2.14. The first-order valence-electron chi connectivity index (χ1n) is 4.87. The lowest BCUT2D eigenvalue weighted by atomic mass is 9.82. The summed E-state index contributed by atoms with van der Waals surface area (Å²) in [5.41, 5.74) is 1.54. The van der Waals surface area contributed by atoms with Crippen LogP contribution in [0.15, 0.2) is 12.2 Å². The van der Waals surface area contributed by atoms with Gasteiger partial charge in [0, 0.05) is 0 Å². The van der Waals surface area contributed by atoms with E-state index in [4.69, 9.17) is 0 Å². The van der Waals surface area contributed by atoms with Crippen molar-refractivity contribution in [1.29, 1.82) is 0 Å². The van der Waals surface area contributed by atoms with Crippen LogP contribution in [-0.2, 0) is 0 Å². The Morgan fingerprint density at radius 3 is 2.55 bits per heavy atom. The smallest absolute Gasteiger partial charge is 0.0132 e. The van der Waals surface area contributed by atoms with Crippen LogP contribution < -0.4 is 0 Å². The fourth-order valence-electron chi connectivity index (χ4n) is 2.94. The van der Waals surface area contributed by atoms with Crippen molar-refractivity contribution in [2.75, 3.05) is 0 Å². The molecule has 0 saturated heterocycles. The zero-order valence-corrected chi connectivity index (χ0v) is 7.80. The van der Waals surface area contributed by atoms with Crippen LogP contribution in [-0.4, -0.2) is 0 Å². The Morgan fingerprint density at radius 1 is 1.55 bits per heavy atom. The van der Waals surface area contributed by atoms with Crippen molar-refractivity contribution in [2.45, 2.75) is 27.2 Å². The average Bonchev–Trinajstić information content (AvgIpc) is 2.73. The summed E-state index contributed by atoms with van der Waals surface area (Å²) in [6, 6.07) is 0. The predicted molar refractivity (Wildman–Crippen MR) is 48.2 cm³/mol. The van der Waals surface area contributed by atoms with Crippen LogP contribution in [0.3, 0.4) is 0 Å². The van der Waals surface area contributed by atoms with Gasteiger partial charge in [-0.1, -0.05) is 39.3 Å². The van der Waals surface area contributed by atoms with Crippen molar-refractivity contribution in [3.05, 3.63) is 12.2 Å². The van der Waals surface area contributed by atoms with E-state index >= 15 is 0 Å². The predicted octanol–water partition coefficient (Wildman–Crippen LogP) is 3.10. The van der Waals surface area contributed by atoms with E-state index in [0.717, 1.165) is 29.6 Å². The van der Waals surface area contributed by atoms with Gasteiger partial charge in [-0.15, -0.1) is 0 Å². The van der Waals surface area contributed by atoms with Crippen molar-refractivity contribution in [1.82, 2.24) is 0 Å². The van der Waals surface area contributed by atoms with Crippen molar-refractivity contribution in [2.24, 2.45) is 29.6 Å². The standard InChI is InChI=1S/C11H18/c1-5-6(2)9-10-7(3)8(4)11(9)10/h6,8-11H,3,5H2,1-2,4H3. The summed E-state index contributed by atoms with van der Waals surface area (Å²) in [6.07, 6.45) is 1.34. The third-order valence-corrected chi connectivity index (χ3v) is 4.02. The van der Waals surface area contributed by atoms with E-state index in [1.807, 2.05) is 0 Å². The first kappa shape index (κ1) is 7.39. The first-order chi connectivity index (χ1) is 5.18. The third-order valence-electron chi connectivity index (χ3n) is 4.02. The van der Waals surface area contributed by atoms with Gasteiger partial charge in [0.2, 0.25) is 0 Å². The molecule has 2 aliphatic rings. The van der Waals surface area contributed by atoms with Crippen molar-refractivity contribution < 1.29 is 0 Å². The van der Waals surface area contributed by atoms with Crippen molar-refractivity contribution >= 4 is 0 Å². The van der Waals surface area contributed by atoms with Gasteiger partial charge in [0.25, 0.3) is 0 Å². The number of hydrogen-bond acceptors (Lipinski definition) is 0. The lowest BCUT2D eigenvalue weighted by molar-refractivity contribution is 0.422. The largest absolute Gasteiger partial charge is 0.0993 e. The molecule has 0 aromatic rings. The molecule has 0 aliphatic heterocycles. The van der Waals surface area contributed by atoms with Gasteiger partial charge < -0.3 is 0 Å². The first-order valence-corrected chi connectivity index (χ1v) is 4.87. The summed E-state index contributed by atoms with van der Waals surface area (Å²) in [5.74, 6) is 4.78. The minimum Gasteiger partial charge on any atom is -0.0993 e. The maximum atomic E-state index is 4.13. The van der Waals surface area contributed by atoms with Gasteiger partial charge in [0.15, 0.2) is 0 Å². The summed E-state index contributed by atoms with van der Waals surface area (Å²) in [4.78, 5) is 0. The molecule has 2 rings (SSSR count). The molecule has 0 nitrogen and oxygen atoms in total. The molecule has 0 N–H and O–H groups in total. The number of fused-ring (bicyclic) bond motifs is 1. The van der Waals surface area contributed by atoms with Crippen LogP contribution in [0, 0.1) is 29.6 Å². The minimum atomic E-state index is 0.846. The highest BCUT2D eigenvalue weighted by Gasteiger charge is 2.64. The molecule has 62 valence electrons. The van der Waals surface area contributed by atoms with Crippen LogP contribution in [0.5, 0.6) is 0 Å². The summed E-state index contributed by atoms with van der Waals surface area (Å²) in [7, 11) is 0. The average molecular weight is 150 g/mol. The van der Waals surface area contributed by atoms with Gasteiger partial charge in [-0.05, 0) is 29.6 Å². The molecule has 0 aromatic heterocycles. The quantitative estimate of drug-likeness (QED) is 0.531. The molecular formula is C11H18. The Hall–Kier alpha value is -0.260. The molecule has 2 aliphatic carbocycles. The van der Waals surface area contributed by atoms with E-state index in [1.54, 1.807) is 5.57 Å². The monoisotopic (exact) mass is 150 g/mol. The van der Waals surface area contributed by atoms with E-state index < -0.39 is 0 Å². The Bertz CT molecular complexity index is 192. The molecule has 0 bridgehead atoms. The normalized spacial score (nSPS) is 49.5. The maximum absolute atomic E-state index is 4.13. The zero-order valence-electron chi connectivity index (χ0n) is 7.80. The van der Waals surface area contributed by atoms with E-state index in [0.29, 0.717) is 0 Å². The van der Waals surface area contributed by atoms with Crippen molar-refractivity contribution in [3.8, 4) is 0 Å². The fourth-order valence-corrected chi connectivity index (χ4v) is 2.94. The summed E-state index contributed by atoms with van der Waals surface area (Å²) in [5, 5.41) is 0. The summed E-state index contributed by atoms with van der Waals surface area (Å²) < 4.78 is 0. The van der Waals surface area contributed by atoms with Gasteiger partial charge in [-0.25, -0.2) is 0 Å². The fraction of sp³-hybridized carbons (Fsp3) is 0.818. The number of allylic oxidation sites excluding steroid dienone is 1. The maximum Gasteiger partial charge on any atom is -0.0132 e. The Labute approximate surface area is 69.7 Å². The minimum absolute atomic E-state index is 0.846. The number of rotatable bonds is 2. The van der Waals surface area contributed by atoms with Crippen LogP contribution in [0.2, 0.25) is 0 Å². The summed E-state index contributed by atoms with van der Waals surface area (Å²) >= 11 is 0.